The maximum atomic E-state index is 12.9. The topological polar surface area (TPSA) is 98.5 Å². The van der Waals surface area contributed by atoms with Crippen molar-refractivity contribution in [1.29, 1.82) is 0 Å². The van der Waals surface area contributed by atoms with Gasteiger partial charge in [0.25, 0.3) is 11.6 Å². The lowest BCUT2D eigenvalue weighted by Gasteiger charge is -2.09. The van der Waals surface area contributed by atoms with E-state index >= 15 is 0 Å². The lowest BCUT2D eigenvalue weighted by atomic mass is 10.1. The van der Waals surface area contributed by atoms with Crippen LogP contribution in [0.1, 0.15) is 20.7 Å². The number of ether oxygens (including phenoxy) is 1. The van der Waals surface area contributed by atoms with Gasteiger partial charge in [0.2, 0.25) is 0 Å². The summed E-state index contributed by atoms with van der Waals surface area (Å²) in [7, 11) is 0. The van der Waals surface area contributed by atoms with E-state index in [-0.39, 0.29) is 23.6 Å². The molecule has 0 bridgehead atoms. The Hall–Kier alpha value is -4.07. The first-order valence-electron chi connectivity index (χ1n) is 8.50. The van der Waals surface area contributed by atoms with Crippen LogP contribution in [-0.4, -0.2) is 23.2 Å². The molecule has 0 spiro atoms. The van der Waals surface area contributed by atoms with Crippen molar-refractivity contribution in [3.05, 3.63) is 99.9 Å². The summed E-state index contributed by atoms with van der Waals surface area (Å²) in [5.41, 5.74) is 0.908. The molecule has 146 valence electrons. The predicted molar refractivity (Wildman–Crippen MR) is 104 cm³/mol. The van der Waals surface area contributed by atoms with Crippen molar-refractivity contribution in [2.24, 2.45) is 0 Å². The Kier molecular flexibility index (Phi) is 5.94. The van der Waals surface area contributed by atoms with Gasteiger partial charge in [0.1, 0.15) is 11.6 Å². The van der Waals surface area contributed by atoms with Crippen LogP contribution in [0.4, 0.5) is 15.8 Å². The minimum atomic E-state index is -0.546. The molecule has 0 unspecified atom stereocenters. The molecule has 0 radical (unpaired) electrons. The molecule has 0 aliphatic carbocycles. The number of carbonyl (C=O) groups is 2. The number of Topliss-reactive ketones (excluding diaryl/α,β-unsaturated/α-hetero) is 1. The number of nitrogens with one attached hydrogen (secondary N) is 1. The number of nitrogens with zero attached hydrogens (tertiary/aromatic N) is 1. The molecular weight excluding hydrogens is 379 g/mol. The third-order valence-electron chi connectivity index (χ3n) is 3.97. The number of halogens is 1. The van der Waals surface area contributed by atoms with Crippen molar-refractivity contribution < 1.29 is 23.6 Å². The average Bonchev–Trinajstić information content (AvgIpc) is 2.73. The van der Waals surface area contributed by atoms with Gasteiger partial charge in [-0.05, 0) is 48.5 Å². The molecule has 0 aromatic heterocycles. The lowest BCUT2D eigenvalue weighted by molar-refractivity contribution is -0.384. The van der Waals surface area contributed by atoms with Crippen LogP contribution in [-0.2, 0) is 0 Å². The molecule has 29 heavy (non-hydrogen) atoms. The van der Waals surface area contributed by atoms with E-state index < -0.39 is 16.6 Å². The Morgan fingerprint density at radius 1 is 0.966 bits per heavy atom. The quantitative estimate of drug-likeness (QED) is 0.367. The monoisotopic (exact) mass is 394 g/mol. The molecule has 0 heterocycles. The number of nitro groups is 1. The number of ketones is 1. The molecule has 0 aliphatic heterocycles. The molecule has 0 atom stereocenters. The first kappa shape index (κ1) is 19.7. The summed E-state index contributed by atoms with van der Waals surface area (Å²) in [4.78, 5) is 34.5. The Morgan fingerprint density at radius 2 is 1.62 bits per heavy atom. The van der Waals surface area contributed by atoms with E-state index in [1.165, 1.54) is 48.5 Å². The Balaban J connectivity index is 1.61. The number of anilines is 1. The van der Waals surface area contributed by atoms with Crippen LogP contribution < -0.4 is 10.1 Å². The summed E-state index contributed by atoms with van der Waals surface area (Å²) in [5, 5.41) is 13.3. The van der Waals surface area contributed by atoms with Crippen molar-refractivity contribution in [1.82, 2.24) is 0 Å². The Bertz CT molecular complexity index is 1050. The minimum Gasteiger partial charge on any atom is -0.485 e. The third kappa shape index (κ3) is 5.23. The van der Waals surface area contributed by atoms with Gasteiger partial charge < -0.3 is 10.1 Å². The fraction of sp³-hybridized carbons (Fsp3) is 0.0476. The average molecular weight is 394 g/mol. The summed E-state index contributed by atoms with van der Waals surface area (Å²) >= 11 is 0. The highest BCUT2D eigenvalue weighted by molar-refractivity contribution is 6.04. The second kappa shape index (κ2) is 8.75. The first-order chi connectivity index (χ1) is 13.9. The van der Waals surface area contributed by atoms with Gasteiger partial charge in [0, 0.05) is 35.0 Å². The van der Waals surface area contributed by atoms with E-state index in [0.29, 0.717) is 17.0 Å². The van der Waals surface area contributed by atoms with E-state index in [1.54, 1.807) is 24.3 Å². The molecule has 3 aromatic carbocycles. The van der Waals surface area contributed by atoms with Gasteiger partial charge in [-0.2, -0.15) is 0 Å². The molecule has 3 aromatic rings. The van der Waals surface area contributed by atoms with Crippen LogP contribution in [0.25, 0.3) is 0 Å². The van der Waals surface area contributed by atoms with E-state index in [4.69, 9.17) is 4.74 Å². The molecule has 0 aliphatic rings. The second-order valence-electron chi connectivity index (χ2n) is 6.00. The number of hydrogen-bond donors (Lipinski definition) is 1. The zero-order valence-corrected chi connectivity index (χ0v) is 15.0. The molecule has 0 saturated heterocycles. The van der Waals surface area contributed by atoms with Gasteiger partial charge in [0.15, 0.2) is 12.4 Å². The third-order valence-corrected chi connectivity index (χ3v) is 3.97. The number of nitro benzene ring substituents is 1. The molecule has 7 nitrogen and oxygen atoms in total. The van der Waals surface area contributed by atoms with Crippen LogP contribution in [0.5, 0.6) is 5.75 Å². The molecule has 0 saturated carbocycles. The molecule has 0 fully saturated rings. The second-order valence-corrected chi connectivity index (χ2v) is 6.00. The van der Waals surface area contributed by atoms with E-state index in [0.717, 1.165) is 0 Å². The minimum absolute atomic E-state index is 0.109. The molecular formula is C21H15FN2O5. The predicted octanol–water partition coefficient (Wildman–Crippen LogP) is 4.25. The highest BCUT2D eigenvalue weighted by atomic mass is 19.1. The zero-order valence-electron chi connectivity index (χ0n) is 15.0. The van der Waals surface area contributed by atoms with Crippen LogP contribution in [0, 0.1) is 15.9 Å². The van der Waals surface area contributed by atoms with Gasteiger partial charge in [0.05, 0.1) is 4.92 Å². The standard InChI is InChI=1S/C21H15FN2O5/c22-16-8-4-14(5-9-16)20(25)13-29-19-3-1-2-17(12-19)23-21(26)15-6-10-18(11-7-15)24(27)28/h1-12H,13H2,(H,23,26). The zero-order chi connectivity index (χ0) is 20.8. The molecule has 1 N–H and O–H groups in total. The van der Waals surface area contributed by atoms with Gasteiger partial charge in [-0.3, -0.25) is 19.7 Å². The largest absolute Gasteiger partial charge is 0.485 e. The molecule has 8 heteroatoms. The number of hydrogen-bond acceptors (Lipinski definition) is 5. The first-order valence-corrected chi connectivity index (χ1v) is 8.50. The van der Waals surface area contributed by atoms with Crippen LogP contribution in [0.3, 0.4) is 0 Å². The highest BCUT2D eigenvalue weighted by Crippen LogP contribution is 2.19. The maximum absolute atomic E-state index is 12.9. The number of non-ortho nitro benzene ring substituents is 1. The highest BCUT2D eigenvalue weighted by Gasteiger charge is 2.11. The summed E-state index contributed by atoms with van der Waals surface area (Å²) < 4.78 is 18.4. The maximum Gasteiger partial charge on any atom is 0.269 e. The van der Waals surface area contributed by atoms with Gasteiger partial charge in [-0.25, -0.2) is 4.39 Å². The van der Waals surface area contributed by atoms with Crippen molar-refractivity contribution in [2.75, 3.05) is 11.9 Å². The number of carbonyl (C=O) groups excluding carboxylic acids is 2. The summed E-state index contributed by atoms with van der Waals surface area (Å²) in [5.74, 6) is -0.828. The smallest absolute Gasteiger partial charge is 0.269 e. The summed E-state index contributed by atoms with van der Waals surface area (Å²) in [6.45, 7) is -0.245. The van der Waals surface area contributed by atoms with Crippen molar-refractivity contribution in [3.8, 4) is 5.75 Å². The fourth-order valence-electron chi connectivity index (χ4n) is 2.47. The van der Waals surface area contributed by atoms with Gasteiger partial charge >= 0.3 is 0 Å². The van der Waals surface area contributed by atoms with Crippen molar-refractivity contribution in [2.45, 2.75) is 0 Å². The van der Waals surface area contributed by atoms with E-state index in [2.05, 4.69) is 5.32 Å². The number of amides is 1. The van der Waals surface area contributed by atoms with Gasteiger partial charge in [-0.1, -0.05) is 6.07 Å². The normalized spacial score (nSPS) is 10.2. The summed E-state index contributed by atoms with van der Waals surface area (Å²) in [6, 6.07) is 16.8. The Labute approximate surface area is 164 Å². The fourth-order valence-corrected chi connectivity index (χ4v) is 2.47. The molecule has 1 amide bonds. The summed E-state index contributed by atoms with van der Waals surface area (Å²) in [6.07, 6.45) is 0. The number of benzene rings is 3. The van der Waals surface area contributed by atoms with Crippen molar-refractivity contribution in [3.63, 3.8) is 0 Å². The van der Waals surface area contributed by atoms with Crippen molar-refractivity contribution >= 4 is 23.1 Å². The number of rotatable bonds is 7. The van der Waals surface area contributed by atoms with E-state index in [1.807, 2.05) is 0 Å². The van der Waals surface area contributed by atoms with Crippen LogP contribution in [0.15, 0.2) is 72.8 Å². The van der Waals surface area contributed by atoms with Gasteiger partial charge in [-0.15, -0.1) is 0 Å². The lowest BCUT2D eigenvalue weighted by Crippen LogP contribution is -2.13. The molecule has 3 rings (SSSR count). The SMILES string of the molecule is O=C(COc1cccc(NC(=O)c2ccc([N+](=O)[O-])cc2)c1)c1ccc(F)cc1. The van der Waals surface area contributed by atoms with Crippen LogP contribution in [0.2, 0.25) is 0 Å². The van der Waals surface area contributed by atoms with Crippen LogP contribution >= 0.6 is 0 Å². The van der Waals surface area contributed by atoms with E-state index in [9.17, 15) is 24.1 Å². The Morgan fingerprint density at radius 3 is 2.28 bits per heavy atom.